The van der Waals surface area contributed by atoms with Gasteiger partial charge < -0.3 is 14.8 Å². The van der Waals surface area contributed by atoms with E-state index in [1.54, 1.807) is 0 Å². The Morgan fingerprint density at radius 3 is 2.06 bits per heavy atom. The van der Waals surface area contributed by atoms with Crippen molar-refractivity contribution in [1.29, 1.82) is 0 Å². The summed E-state index contributed by atoms with van der Waals surface area (Å²) >= 11 is 6.21. The van der Waals surface area contributed by atoms with Gasteiger partial charge in [0, 0.05) is 48.5 Å². The van der Waals surface area contributed by atoms with Crippen LogP contribution in [0.4, 0.5) is 0 Å². The third-order valence-corrected chi connectivity index (χ3v) is 6.88. The first-order valence-electron chi connectivity index (χ1n) is 11.5. The number of fused-ring (bicyclic) bond motifs is 3. The van der Waals surface area contributed by atoms with Crippen molar-refractivity contribution in [2.45, 2.75) is 6.54 Å². The van der Waals surface area contributed by atoms with Crippen molar-refractivity contribution >= 4 is 53.1 Å². The van der Waals surface area contributed by atoms with Crippen molar-refractivity contribution in [3.8, 4) is 22.3 Å². The fourth-order valence-electron chi connectivity index (χ4n) is 4.98. The van der Waals surface area contributed by atoms with Gasteiger partial charge in [-0.2, -0.15) is 0 Å². The monoisotopic (exact) mass is 545 g/mol. The minimum absolute atomic E-state index is 0. The van der Waals surface area contributed by atoms with E-state index in [1.807, 2.05) is 12.1 Å². The molecule has 3 aromatic carbocycles. The molecule has 8 heteroatoms. The van der Waals surface area contributed by atoms with Crippen LogP contribution in [-0.2, 0) is 11.3 Å². The third kappa shape index (κ3) is 5.14. The van der Waals surface area contributed by atoms with Crippen LogP contribution in [0.1, 0.15) is 0 Å². The Kier molecular flexibility index (Phi) is 9.47. The second kappa shape index (κ2) is 12.2. The average Bonchev–Trinajstić information content (AvgIpc) is 3.40. The van der Waals surface area contributed by atoms with E-state index in [9.17, 15) is 0 Å². The average molecular weight is 547 g/mol. The van der Waals surface area contributed by atoms with Crippen LogP contribution in [-0.4, -0.2) is 52.2 Å². The highest BCUT2D eigenvalue weighted by Gasteiger charge is 2.22. The molecule has 5 aromatic rings. The van der Waals surface area contributed by atoms with Crippen molar-refractivity contribution in [2.75, 3.05) is 32.8 Å². The number of rotatable bonds is 5. The molecule has 0 atom stereocenters. The first kappa shape index (κ1) is 28.1. The SMILES string of the molecule is Cl.Cl.Clc1ccc(-c2cn3c4ccccc4n(CCN4CCOCC4)c3c2-c2ccccc2)cc1.O. The second-order valence-electron chi connectivity index (χ2n) is 8.58. The summed E-state index contributed by atoms with van der Waals surface area (Å²) in [5.74, 6) is 0. The summed E-state index contributed by atoms with van der Waals surface area (Å²) in [6.45, 7) is 5.58. The van der Waals surface area contributed by atoms with Gasteiger partial charge in [-0.15, -0.1) is 24.8 Å². The molecule has 2 N–H and O–H groups in total. The maximum Gasteiger partial charge on any atom is 0.126 e. The molecule has 1 aliphatic rings. The van der Waals surface area contributed by atoms with Crippen LogP contribution in [0.15, 0.2) is 85.1 Å². The van der Waals surface area contributed by atoms with Crippen molar-refractivity contribution in [3.05, 3.63) is 90.1 Å². The van der Waals surface area contributed by atoms with Crippen LogP contribution < -0.4 is 0 Å². The number of benzene rings is 3. The van der Waals surface area contributed by atoms with Crippen LogP contribution in [0.5, 0.6) is 0 Å². The first-order chi connectivity index (χ1) is 16.3. The molecular formula is C28H30Cl3N3O2. The summed E-state index contributed by atoms with van der Waals surface area (Å²) in [7, 11) is 0. The lowest BCUT2D eigenvalue weighted by atomic mass is 9.98. The number of para-hydroxylation sites is 2. The maximum absolute atomic E-state index is 6.21. The zero-order valence-electron chi connectivity index (χ0n) is 19.8. The molecule has 0 spiro atoms. The molecular weight excluding hydrogens is 517 g/mol. The predicted octanol–water partition coefficient (Wildman–Crippen LogP) is 6.23. The van der Waals surface area contributed by atoms with Gasteiger partial charge in [0.15, 0.2) is 0 Å². The summed E-state index contributed by atoms with van der Waals surface area (Å²) in [6, 6.07) is 27.6. The van der Waals surface area contributed by atoms with E-state index in [1.165, 1.54) is 38.9 Å². The summed E-state index contributed by atoms with van der Waals surface area (Å²) < 4.78 is 10.4. The predicted molar refractivity (Wildman–Crippen MR) is 154 cm³/mol. The second-order valence-corrected chi connectivity index (χ2v) is 9.02. The molecule has 0 aliphatic carbocycles. The van der Waals surface area contributed by atoms with Crippen LogP contribution in [0, 0.1) is 0 Å². The molecule has 2 aromatic heterocycles. The van der Waals surface area contributed by atoms with Crippen molar-refractivity contribution in [3.63, 3.8) is 0 Å². The third-order valence-electron chi connectivity index (χ3n) is 6.63. The lowest BCUT2D eigenvalue weighted by molar-refractivity contribution is 0.0366. The van der Waals surface area contributed by atoms with E-state index in [0.717, 1.165) is 44.4 Å². The zero-order valence-corrected chi connectivity index (χ0v) is 22.2. The first-order valence-corrected chi connectivity index (χ1v) is 11.9. The molecule has 6 rings (SSSR count). The highest BCUT2D eigenvalue weighted by atomic mass is 35.5. The lowest BCUT2D eigenvalue weighted by Gasteiger charge is -2.26. The normalized spacial score (nSPS) is 13.7. The molecule has 3 heterocycles. The van der Waals surface area contributed by atoms with Gasteiger partial charge in [-0.05, 0) is 35.4 Å². The molecule has 1 fully saturated rings. The molecule has 0 unspecified atom stereocenters. The lowest BCUT2D eigenvalue weighted by Crippen LogP contribution is -2.38. The Bertz CT molecular complexity index is 1410. The Morgan fingerprint density at radius 2 is 1.36 bits per heavy atom. The minimum atomic E-state index is 0. The number of hydrogen-bond acceptors (Lipinski definition) is 2. The Hall–Kier alpha value is -2.51. The summed E-state index contributed by atoms with van der Waals surface area (Å²) in [6.07, 6.45) is 2.29. The number of halogens is 3. The molecule has 190 valence electrons. The van der Waals surface area contributed by atoms with Gasteiger partial charge >= 0.3 is 0 Å². The van der Waals surface area contributed by atoms with E-state index in [-0.39, 0.29) is 30.3 Å². The van der Waals surface area contributed by atoms with Gasteiger partial charge in [0.2, 0.25) is 0 Å². The number of ether oxygens (including phenoxy) is 1. The van der Waals surface area contributed by atoms with Gasteiger partial charge in [-0.1, -0.05) is 66.2 Å². The molecule has 1 aliphatic heterocycles. The number of aromatic nitrogens is 2. The molecule has 0 saturated carbocycles. The fourth-order valence-corrected chi connectivity index (χ4v) is 5.11. The molecule has 36 heavy (non-hydrogen) atoms. The topological polar surface area (TPSA) is 53.3 Å². The molecule has 5 nitrogen and oxygen atoms in total. The summed E-state index contributed by atoms with van der Waals surface area (Å²) in [5.41, 5.74) is 8.61. The highest BCUT2D eigenvalue weighted by Crippen LogP contribution is 2.40. The smallest absolute Gasteiger partial charge is 0.126 e. The van der Waals surface area contributed by atoms with Crippen molar-refractivity contribution in [2.24, 2.45) is 0 Å². The standard InChI is InChI=1S/C28H26ClN3O.2ClH.H2O/c29-23-12-10-21(11-13-23)24-20-32-26-9-5-4-8-25(26)31(15-14-30-16-18-33-19-17-30)28(32)27(24)22-6-2-1-3-7-22;;;/h1-13,20H,14-19H2;2*1H;1H2. The van der Waals surface area contributed by atoms with E-state index >= 15 is 0 Å². The maximum atomic E-state index is 6.21. The van der Waals surface area contributed by atoms with Gasteiger partial charge in [0.1, 0.15) is 5.65 Å². The molecule has 0 radical (unpaired) electrons. The summed E-state index contributed by atoms with van der Waals surface area (Å²) in [5, 5.41) is 0.754. The van der Waals surface area contributed by atoms with Crippen LogP contribution in [0.25, 0.3) is 38.9 Å². The molecule has 0 bridgehead atoms. The van der Waals surface area contributed by atoms with Gasteiger partial charge in [-0.25, -0.2) is 0 Å². The van der Waals surface area contributed by atoms with Crippen molar-refractivity contribution < 1.29 is 10.2 Å². The van der Waals surface area contributed by atoms with Gasteiger partial charge in [0.25, 0.3) is 0 Å². The summed E-state index contributed by atoms with van der Waals surface area (Å²) in [4.78, 5) is 2.50. The number of hydrogen-bond donors (Lipinski definition) is 0. The van der Waals surface area contributed by atoms with Crippen LogP contribution in [0.3, 0.4) is 0 Å². The largest absolute Gasteiger partial charge is 0.412 e. The molecule has 1 saturated heterocycles. The van der Waals surface area contributed by atoms with Gasteiger partial charge in [-0.3, -0.25) is 9.30 Å². The van der Waals surface area contributed by atoms with E-state index < -0.39 is 0 Å². The van der Waals surface area contributed by atoms with Crippen LogP contribution in [0.2, 0.25) is 5.02 Å². The highest BCUT2D eigenvalue weighted by molar-refractivity contribution is 6.30. The Morgan fingerprint density at radius 1 is 0.722 bits per heavy atom. The minimum Gasteiger partial charge on any atom is -0.412 e. The Labute approximate surface area is 228 Å². The quantitative estimate of drug-likeness (QED) is 0.262. The number of nitrogens with zero attached hydrogens (tertiary/aromatic N) is 3. The number of morpholine rings is 1. The van der Waals surface area contributed by atoms with E-state index in [4.69, 9.17) is 16.3 Å². The zero-order chi connectivity index (χ0) is 22.2. The molecule has 0 amide bonds. The van der Waals surface area contributed by atoms with Crippen molar-refractivity contribution in [1.82, 2.24) is 13.9 Å². The van der Waals surface area contributed by atoms with Gasteiger partial charge in [0.05, 0.1) is 24.2 Å². The van der Waals surface area contributed by atoms with Crippen LogP contribution >= 0.6 is 36.4 Å². The van der Waals surface area contributed by atoms with E-state index in [0.29, 0.717) is 0 Å². The fraction of sp³-hybridized carbons (Fsp3) is 0.214. The van der Waals surface area contributed by atoms with E-state index in [2.05, 4.69) is 86.8 Å². The Balaban J connectivity index is 0.00000120. The number of imidazole rings is 1.